The molecule has 0 aromatic rings. The monoisotopic (exact) mass is 203 g/mol. The van der Waals surface area contributed by atoms with E-state index in [0.717, 1.165) is 45.3 Å². The maximum atomic E-state index is 14.0. The van der Waals surface area contributed by atoms with E-state index in [2.05, 4.69) is 5.32 Å². The Morgan fingerprint density at radius 2 is 2.00 bits per heavy atom. The van der Waals surface area contributed by atoms with Crippen molar-refractivity contribution >= 4 is 0 Å². The topological polar surface area (TPSA) is 21.3 Å². The van der Waals surface area contributed by atoms with Crippen LogP contribution in [0.2, 0.25) is 0 Å². The lowest BCUT2D eigenvalue weighted by Crippen LogP contribution is -2.38. The van der Waals surface area contributed by atoms with Gasteiger partial charge in [0.1, 0.15) is 5.67 Å². The molecule has 14 heavy (non-hydrogen) atoms. The van der Waals surface area contributed by atoms with Crippen LogP contribution in [0.4, 0.5) is 4.39 Å². The molecule has 0 amide bonds. The van der Waals surface area contributed by atoms with E-state index in [-0.39, 0.29) is 0 Å². The Morgan fingerprint density at radius 1 is 1.29 bits per heavy atom. The van der Waals surface area contributed by atoms with Gasteiger partial charge in [-0.05, 0) is 25.8 Å². The van der Waals surface area contributed by atoms with Gasteiger partial charge in [0.15, 0.2) is 0 Å². The minimum atomic E-state index is -0.925. The average Bonchev–Trinajstić information content (AvgIpc) is 2.18. The summed E-state index contributed by atoms with van der Waals surface area (Å²) in [5.41, 5.74) is -0.925. The standard InChI is InChI=1S/C11H22FNO/c1-14-9-5-8-13-10-11(12)6-3-2-4-7-11/h13H,2-10H2,1H3. The molecule has 1 aliphatic rings. The van der Waals surface area contributed by atoms with Crippen molar-refractivity contribution in [2.45, 2.75) is 44.2 Å². The first kappa shape index (κ1) is 11.9. The van der Waals surface area contributed by atoms with E-state index in [1.54, 1.807) is 7.11 Å². The molecule has 0 heterocycles. The van der Waals surface area contributed by atoms with Crippen molar-refractivity contribution in [3.8, 4) is 0 Å². The largest absolute Gasteiger partial charge is 0.385 e. The lowest BCUT2D eigenvalue weighted by molar-refractivity contribution is 0.104. The summed E-state index contributed by atoms with van der Waals surface area (Å²) < 4.78 is 18.9. The highest BCUT2D eigenvalue weighted by atomic mass is 19.1. The minimum absolute atomic E-state index is 0.525. The predicted octanol–water partition coefficient (Wildman–Crippen LogP) is 2.28. The zero-order valence-electron chi connectivity index (χ0n) is 9.15. The van der Waals surface area contributed by atoms with E-state index >= 15 is 0 Å². The number of hydrogen-bond donors (Lipinski definition) is 1. The number of rotatable bonds is 6. The maximum absolute atomic E-state index is 14.0. The van der Waals surface area contributed by atoms with E-state index in [0.29, 0.717) is 6.54 Å². The van der Waals surface area contributed by atoms with E-state index < -0.39 is 5.67 Å². The van der Waals surface area contributed by atoms with Crippen molar-refractivity contribution in [1.29, 1.82) is 0 Å². The van der Waals surface area contributed by atoms with Gasteiger partial charge >= 0.3 is 0 Å². The van der Waals surface area contributed by atoms with Gasteiger partial charge < -0.3 is 10.1 Å². The molecule has 0 aromatic carbocycles. The molecule has 0 aromatic heterocycles. The summed E-state index contributed by atoms with van der Waals surface area (Å²) in [6, 6.07) is 0. The van der Waals surface area contributed by atoms with Crippen molar-refractivity contribution in [2.75, 3.05) is 26.8 Å². The van der Waals surface area contributed by atoms with Gasteiger partial charge in [-0.25, -0.2) is 4.39 Å². The number of halogens is 1. The molecule has 1 rings (SSSR count). The fourth-order valence-corrected chi connectivity index (χ4v) is 2.02. The summed E-state index contributed by atoms with van der Waals surface area (Å²) in [5, 5.41) is 3.18. The molecule has 0 unspecified atom stereocenters. The summed E-state index contributed by atoms with van der Waals surface area (Å²) in [6.45, 7) is 2.14. The van der Waals surface area contributed by atoms with Crippen molar-refractivity contribution in [2.24, 2.45) is 0 Å². The number of nitrogens with one attached hydrogen (secondary N) is 1. The van der Waals surface area contributed by atoms with Crippen molar-refractivity contribution in [3.63, 3.8) is 0 Å². The SMILES string of the molecule is COCCCNCC1(F)CCCCC1. The fourth-order valence-electron chi connectivity index (χ4n) is 2.02. The summed E-state index contributed by atoms with van der Waals surface area (Å²) in [5.74, 6) is 0. The zero-order valence-corrected chi connectivity index (χ0v) is 9.15. The Balaban J connectivity index is 2.03. The van der Waals surface area contributed by atoms with Crippen molar-refractivity contribution in [1.82, 2.24) is 5.32 Å². The highest BCUT2D eigenvalue weighted by Gasteiger charge is 2.30. The highest BCUT2D eigenvalue weighted by molar-refractivity contribution is 4.84. The molecule has 0 radical (unpaired) electrons. The molecule has 1 saturated carbocycles. The molecular formula is C11H22FNO. The van der Waals surface area contributed by atoms with Gasteiger partial charge in [0.05, 0.1) is 0 Å². The van der Waals surface area contributed by atoms with E-state index in [1.807, 2.05) is 0 Å². The molecular weight excluding hydrogens is 181 g/mol. The third-order valence-electron chi connectivity index (χ3n) is 2.89. The van der Waals surface area contributed by atoms with E-state index in [1.165, 1.54) is 6.42 Å². The molecule has 0 bridgehead atoms. The van der Waals surface area contributed by atoms with Crippen molar-refractivity contribution in [3.05, 3.63) is 0 Å². The zero-order chi connectivity index (χ0) is 10.3. The van der Waals surface area contributed by atoms with Gasteiger partial charge in [0.25, 0.3) is 0 Å². The Morgan fingerprint density at radius 3 is 2.64 bits per heavy atom. The predicted molar refractivity (Wildman–Crippen MR) is 56.3 cm³/mol. The van der Waals surface area contributed by atoms with Crippen LogP contribution in [0.1, 0.15) is 38.5 Å². The summed E-state index contributed by atoms with van der Waals surface area (Å²) in [4.78, 5) is 0. The minimum Gasteiger partial charge on any atom is -0.385 e. The van der Waals surface area contributed by atoms with Gasteiger partial charge in [-0.1, -0.05) is 19.3 Å². The number of hydrogen-bond acceptors (Lipinski definition) is 2. The van der Waals surface area contributed by atoms with Crippen LogP contribution >= 0.6 is 0 Å². The molecule has 3 heteroatoms. The quantitative estimate of drug-likeness (QED) is 0.669. The Hall–Kier alpha value is -0.150. The van der Waals surface area contributed by atoms with Crippen LogP contribution in [0.15, 0.2) is 0 Å². The molecule has 0 saturated heterocycles. The first-order valence-electron chi connectivity index (χ1n) is 5.65. The summed E-state index contributed by atoms with van der Waals surface area (Å²) in [6.07, 6.45) is 5.75. The molecule has 1 fully saturated rings. The molecule has 1 N–H and O–H groups in total. The van der Waals surface area contributed by atoms with Crippen LogP contribution in [0.25, 0.3) is 0 Å². The van der Waals surface area contributed by atoms with Crippen LogP contribution in [0.3, 0.4) is 0 Å². The summed E-state index contributed by atoms with van der Waals surface area (Å²) in [7, 11) is 1.69. The first-order chi connectivity index (χ1) is 6.77. The number of methoxy groups -OCH3 is 1. The van der Waals surface area contributed by atoms with Gasteiger partial charge in [-0.15, -0.1) is 0 Å². The Kier molecular flexibility index (Phi) is 5.41. The normalized spacial score (nSPS) is 21.0. The first-order valence-corrected chi connectivity index (χ1v) is 5.65. The second-order valence-electron chi connectivity index (χ2n) is 4.23. The third-order valence-corrected chi connectivity index (χ3v) is 2.89. The second kappa shape index (κ2) is 6.36. The van der Waals surface area contributed by atoms with E-state index in [4.69, 9.17) is 4.74 Å². The summed E-state index contributed by atoms with van der Waals surface area (Å²) >= 11 is 0. The molecule has 0 atom stereocenters. The number of alkyl halides is 1. The molecule has 0 aliphatic heterocycles. The van der Waals surface area contributed by atoms with Crippen LogP contribution in [-0.4, -0.2) is 32.5 Å². The fraction of sp³-hybridized carbons (Fsp3) is 1.00. The molecule has 0 spiro atoms. The van der Waals surface area contributed by atoms with Gasteiger partial charge in [0.2, 0.25) is 0 Å². The van der Waals surface area contributed by atoms with Crippen LogP contribution in [0, 0.1) is 0 Å². The Labute approximate surface area is 86.2 Å². The molecule has 84 valence electrons. The highest BCUT2D eigenvalue weighted by Crippen LogP contribution is 2.30. The third kappa shape index (κ3) is 4.38. The van der Waals surface area contributed by atoms with Gasteiger partial charge in [-0.2, -0.15) is 0 Å². The second-order valence-corrected chi connectivity index (χ2v) is 4.23. The maximum Gasteiger partial charge on any atom is 0.123 e. The number of ether oxygens (including phenoxy) is 1. The molecule has 2 nitrogen and oxygen atoms in total. The van der Waals surface area contributed by atoms with Crippen LogP contribution in [-0.2, 0) is 4.74 Å². The van der Waals surface area contributed by atoms with Gasteiger partial charge in [-0.3, -0.25) is 0 Å². The average molecular weight is 203 g/mol. The van der Waals surface area contributed by atoms with Crippen molar-refractivity contribution < 1.29 is 9.13 Å². The molecule has 1 aliphatic carbocycles. The van der Waals surface area contributed by atoms with Crippen LogP contribution in [0.5, 0.6) is 0 Å². The lowest BCUT2D eigenvalue weighted by atomic mass is 9.86. The van der Waals surface area contributed by atoms with Crippen LogP contribution < -0.4 is 5.32 Å². The van der Waals surface area contributed by atoms with E-state index in [9.17, 15) is 4.39 Å². The lowest BCUT2D eigenvalue weighted by Gasteiger charge is -2.29. The smallest absolute Gasteiger partial charge is 0.123 e. The van der Waals surface area contributed by atoms with Gasteiger partial charge in [0, 0.05) is 20.3 Å². The Bertz CT molecular complexity index is 146.